The van der Waals surface area contributed by atoms with Crippen LogP contribution in [-0.2, 0) is 4.79 Å². The van der Waals surface area contributed by atoms with Gasteiger partial charge in [-0.2, -0.15) is 5.10 Å². The Balaban J connectivity index is 1.49. The number of amides is 1. The number of nitrogens with zero attached hydrogens (tertiary/aromatic N) is 3. The largest absolute Gasteiger partial charge is 0.497 e. The number of carbonyl (C=O) groups is 1. The minimum atomic E-state index is 0.0103. The predicted octanol–water partition coefficient (Wildman–Crippen LogP) is 1.76. The first kappa shape index (κ1) is 17.1. The molecule has 1 aliphatic heterocycles. The lowest BCUT2D eigenvalue weighted by Gasteiger charge is -2.36. The van der Waals surface area contributed by atoms with E-state index in [0.29, 0.717) is 18.8 Å². The molecule has 1 N–H and O–H groups in total. The summed E-state index contributed by atoms with van der Waals surface area (Å²) in [7, 11) is 1.62. The molecule has 134 valence electrons. The molecule has 0 aliphatic carbocycles. The summed E-state index contributed by atoms with van der Waals surface area (Å²) in [6.07, 6.45) is 0. The van der Waals surface area contributed by atoms with E-state index in [1.807, 2.05) is 30.9 Å². The number of hydrogen-bond donors (Lipinski definition) is 1. The number of hydrogen-bond acceptors (Lipinski definition) is 5. The van der Waals surface area contributed by atoms with Gasteiger partial charge in [-0.05, 0) is 38.1 Å². The number of piperazine rings is 1. The van der Waals surface area contributed by atoms with Crippen molar-refractivity contribution in [3.63, 3.8) is 0 Å². The lowest BCUT2D eigenvalue weighted by molar-refractivity contribution is -0.133. The van der Waals surface area contributed by atoms with E-state index < -0.39 is 0 Å². The number of nitrogens with one attached hydrogen (secondary N) is 1. The molecular formula is C18H24N4O3. The van der Waals surface area contributed by atoms with Crippen molar-refractivity contribution >= 4 is 11.6 Å². The second kappa shape index (κ2) is 7.46. The third-order valence-corrected chi connectivity index (χ3v) is 4.46. The topological polar surface area (TPSA) is 70.7 Å². The normalized spacial score (nSPS) is 14.5. The lowest BCUT2D eigenvalue weighted by atomic mass is 10.2. The van der Waals surface area contributed by atoms with Crippen LogP contribution in [0.4, 0.5) is 5.69 Å². The number of ether oxygens (including phenoxy) is 2. The zero-order valence-corrected chi connectivity index (χ0v) is 14.9. The minimum absolute atomic E-state index is 0.0103. The van der Waals surface area contributed by atoms with Crippen molar-refractivity contribution in [1.82, 2.24) is 15.1 Å². The first-order chi connectivity index (χ1) is 12.1. The smallest absolute Gasteiger partial charge is 0.260 e. The highest BCUT2D eigenvalue weighted by Crippen LogP contribution is 2.23. The van der Waals surface area contributed by atoms with Gasteiger partial charge in [0, 0.05) is 26.2 Å². The quantitative estimate of drug-likeness (QED) is 0.895. The van der Waals surface area contributed by atoms with Gasteiger partial charge < -0.3 is 19.3 Å². The monoisotopic (exact) mass is 344 g/mol. The van der Waals surface area contributed by atoms with Gasteiger partial charge in [-0.15, -0.1) is 0 Å². The van der Waals surface area contributed by atoms with Gasteiger partial charge in [0.05, 0.1) is 24.2 Å². The third kappa shape index (κ3) is 3.87. The van der Waals surface area contributed by atoms with Crippen LogP contribution >= 0.6 is 0 Å². The highest BCUT2D eigenvalue weighted by molar-refractivity contribution is 5.78. The molecule has 7 nitrogen and oxygen atoms in total. The van der Waals surface area contributed by atoms with Crippen LogP contribution in [0, 0.1) is 13.8 Å². The second-order valence-corrected chi connectivity index (χ2v) is 6.11. The van der Waals surface area contributed by atoms with E-state index in [2.05, 4.69) is 15.1 Å². The van der Waals surface area contributed by atoms with Gasteiger partial charge in [0.25, 0.3) is 5.91 Å². The predicted molar refractivity (Wildman–Crippen MR) is 95.3 cm³/mol. The highest BCUT2D eigenvalue weighted by Gasteiger charge is 2.24. The Morgan fingerprint density at radius 1 is 1.12 bits per heavy atom. The lowest BCUT2D eigenvalue weighted by Crippen LogP contribution is -2.50. The summed E-state index contributed by atoms with van der Waals surface area (Å²) in [5.74, 6) is 1.44. The van der Waals surface area contributed by atoms with Gasteiger partial charge in [0.1, 0.15) is 11.5 Å². The van der Waals surface area contributed by atoms with E-state index in [9.17, 15) is 4.79 Å². The van der Waals surface area contributed by atoms with Gasteiger partial charge in [-0.1, -0.05) is 0 Å². The van der Waals surface area contributed by atoms with E-state index in [1.165, 1.54) is 0 Å². The molecule has 0 bridgehead atoms. The van der Waals surface area contributed by atoms with E-state index in [-0.39, 0.29) is 12.5 Å². The Labute approximate surface area is 147 Å². The SMILES string of the molecule is COc1ccc(OCC(=O)N2CCN(c3c(C)n[nH]c3C)CC2)cc1. The van der Waals surface area contributed by atoms with Crippen molar-refractivity contribution in [3.05, 3.63) is 35.7 Å². The second-order valence-electron chi connectivity index (χ2n) is 6.11. The molecule has 1 aromatic heterocycles. The fraction of sp³-hybridized carbons (Fsp3) is 0.444. The maximum absolute atomic E-state index is 12.4. The van der Waals surface area contributed by atoms with Crippen LogP contribution in [0.5, 0.6) is 11.5 Å². The summed E-state index contributed by atoms with van der Waals surface area (Å²) in [6, 6.07) is 7.23. The van der Waals surface area contributed by atoms with E-state index in [1.54, 1.807) is 19.2 Å². The number of carbonyl (C=O) groups excluding carboxylic acids is 1. The van der Waals surface area contributed by atoms with E-state index in [4.69, 9.17) is 9.47 Å². The average molecular weight is 344 g/mol. The molecule has 0 saturated carbocycles. The van der Waals surface area contributed by atoms with Crippen molar-refractivity contribution in [2.45, 2.75) is 13.8 Å². The van der Waals surface area contributed by atoms with E-state index >= 15 is 0 Å². The van der Waals surface area contributed by atoms with Crippen molar-refractivity contribution < 1.29 is 14.3 Å². The summed E-state index contributed by atoms with van der Waals surface area (Å²) < 4.78 is 10.7. The zero-order chi connectivity index (χ0) is 17.8. The molecule has 0 unspecified atom stereocenters. The Bertz CT molecular complexity index is 699. The molecule has 1 aromatic carbocycles. The van der Waals surface area contributed by atoms with Crippen molar-refractivity contribution in [1.29, 1.82) is 0 Å². The molecule has 2 heterocycles. The van der Waals surface area contributed by atoms with Crippen LogP contribution in [0.3, 0.4) is 0 Å². The van der Waals surface area contributed by atoms with Gasteiger partial charge in [0.2, 0.25) is 0 Å². The molecule has 1 fully saturated rings. The molecule has 0 radical (unpaired) electrons. The number of aromatic amines is 1. The molecule has 7 heteroatoms. The average Bonchev–Trinajstić information content (AvgIpc) is 2.98. The van der Waals surface area contributed by atoms with Crippen molar-refractivity contribution in [3.8, 4) is 11.5 Å². The third-order valence-electron chi connectivity index (χ3n) is 4.46. The Morgan fingerprint density at radius 2 is 1.76 bits per heavy atom. The number of H-pyrrole nitrogens is 1. The van der Waals surface area contributed by atoms with Crippen LogP contribution in [0.25, 0.3) is 0 Å². The number of anilines is 1. The van der Waals surface area contributed by atoms with Crippen molar-refractivity contribution in [2.24, 2.45) is 0 Å². The van der Waals surface area contributed by atoms with Crippen LogP contribution in [0.15, 0.2) is 24.3 Å². The number of methoxy groups -OCH3 is 1. The summed E-state index contributed by atoms with van der Waals surface area (Å²) in [6.45, 7) is 7.05. The Morgan fingerprint density at radius 3 is 2.32 bits per heavy atom. The minimum Gasteiger partial charge on any atom is -0.497 e. The molecule has 2 aromatic rings. The maximum atomic E-state index is 12.4. The molecule has 1 aliphatic rings. The van der Waals surface area contributed by atoms with Crippen molar-refractivity contribution in [2.75, 3.05) is 44.8 Å². The molecule has 0 atom stereocenters. The number of aryl methyl sites for hydroxylation is 2. The fourth-order valence-electron chi connectivity index (χ4n) is 3.10. The molecule has 25 heavy (non-hydrogen) atoms. The first-order valence-electron chi connectivity index (χ1n) is 8.39. The van der Waals surface area contributed by atoms with Gasteiger partial charge >= 0.3 is 0 Å². The van der Waals surface area contributed by atoms with Crippen LogP contribution < -0.4 is 14.4 Å². The van der Waals surface area contributed by atoms with Gasteiger partial charge in [-0.3, -0.25) is 9.89 Å². The summed E-state index contributed by atoms with van der Waals surface area (Å²) in [5.41, 5.74) is 3.22. The molecular weight excluding hydrogens is 320 g/mol. The highest BCUT2D eigenvalue weighted by atomic mass is 16.5. The summed E-state index contributed by atoms with van der Waals surface area (Å²) >= 11 is 0. The van der Waals surface area contributed by atoms with E-state index in [0.717, 1.165) is 35.9 Å². The van der Waals surface area contributed by atoms with Crippen LogP contribution in [0.1, 0.15) is 11.4 Å². The molecule has 3 rings (SSSR count). The molecule has 1 amide bonds. The number of aromatic nitrogens is 2. The van der Waals surface area contributed by atoms with Crippen LogP contribution in [-0.4, -0.2) is 60.9 Å². The Kier molecular flexibility index (Phi) is 5.11. The number of rotatable bonds is 5. The van der Waals surface area contributed by atoms with Gasteiger partial charge in [0.15, 0.2) is 6.61 Å². The zero-order valence-electron chi connectivity index (χ0n) is 14.9. The molecule has 1 saturated heterocycles. The van der Waals surface area contributed by atoms with Gasteiger partial charge in [-0.25, -0.2) is 0 Å². The maximum Gasteiger partial charge on any atom is 0.260 e. The first-order valence-corrected chi connectivity index (χ1v) is 8.39. The summed E-state index contributed by atoms with van der Waals surface area (Å²) in [5, 5.41) is 7.26. The van der Waals surface area contributed by atoms with Crippen LogP contribution in [0.2, 0.25) is 0 Å². The fourth-order valence-corrected chi connectivity index (χ4v) is 3.10. The standard InChI is InChI=1S/C18H24N4O3/c1-13-18(14(2)20-19-13)22-10-8-21(9-11-22)17(23)12-25-16-6-4-15(24-3)5-7-16/h4-7H,8-12H2,1-3H3,(H,19,20). The number of benzene rings is 1. The molecule has 0 spiro atoms. The Hall–Kier alpha value is -2.70. The summed E-state index contributed by atoms with van der Waals surface area (Å²) in [4.78, 5) is 16.5.